The second-order valence-corrected chi connectivity index (χ2v) is 7.06. The molecule has 0 radical (unpaired) electrons. The second-order valence-electron chi connectivity index (χ2n) is 7.06. The van der Waals surface area contributed by atoms with Crippen LogP contribution in [-0.4, -0.2) is 49.7 Å². The van der Waals surface area contributed by atoms with Gasteiger partial charge in [-0.25, -0.2) is 0 Å². The van der Waals surface area contributed by atoms with Crippen LogP contribution in [0.2, 0.25) is 0 Å². The van der Waals surface area contributed by atoms with Crippen LogP contribution in [0.15, 0.2) is 24.3 Å². The normalized spacial score (nSPS) is 25.4. The molecule has 1 aromatic carbocycles. The lowest BCUT2D eigenvalue weighted by Gasteiger charge is -2.27. The fraction of sp³-hybridized carbons (Fsp3) is 0.632. The molecule has 0 spiro atoms. The summed E-state index contributed by atoms with van der Waals surface area (Å²) in [5.74, 6) is 0.750. The van der Waals surface area contributed by atoms with Gasteiger partial charge >= 0.3 is 0 Å². The van der Waals surface area contributed by atoms with E-state index >= 15 is 0 Å². The van der Waals surface area contributed by atoms with E-state index < -0.39 is 0 Å². The van der Waals surface area contributed by atoms with Crippen LogP contribution in [0.4, 0.5) is 0 Å². The third kappa shape index (κ3) is 5.03. The van der Waals surface area contributed by atoms with Gasteiger partial charge in [0.2, 0.25) is 5.91 Å². The molecule has 2 unspecified atom stereocenters. The number of ether oxygens (including phenoxy) is 1. The number of benzene rings is 1. The summed E-state index contributed by atoms with van der Waals surface area (Å²) in [6, 6.07) is 8.53. The lowest BCUT2D eigenvalue weighted by molar-refractivity contribution is -0.124. The third-order valence-corrected chi connectivity index (χ3v) is 4.98. The van der Waals surface area contributed by atoms with Crippen LogP contribution in [0.1, 0.15) is 30.9 Å². The molecule has 2 aliphatic heterocycles. The Morgan fingerprint density at radius 2 is 1.96 bits per heavy atom. The van der Waals surface area contributed by atoms with Gasteiger partial charge in [0.25, 0.3) is 0 Å². The Labute approximate surface area is 144 Å². The minimum Gasteiger partial charge on any atom is -0.379 e. The molecule has 2 heterocycles. The number of carbonyl (C=O) groups excluding carboxylic acids is 1. The van der Waals surface area contributed by atoms with Crippen LogP contribution in [0.25, 0.3) is 0 Å². The van der Waals surface area contributed by atoms with Crippen molar-refractivity contribution < 1.29 is 9.53 Å². The van der Waals surface area contributed by atoms with Gasteiger partial charge in [-0.15, -0.1) is 0 Å². The number of hydrogen-bond donors (Lipinski definition) is 2. The molecule has 2 atom stereocenters. The number of amides is 1. The third-order valence-electron chi connectivity index (χ3n) is 4.98. The van der Waals surface area contributed by atoms with Crippen LogP contribution in [0, 0.1) is 5.92 Å². The van der Waals surface area contributed by atoms with Crippen molar-refractivity contribution in [3.05, 3.63) is 35.4 Å². The summed E-state index contributed by atoms with van der Waals surface area (Å²) in [6.45, 7) is 8.40. The van der Waals surface area contributed by atoms with Crippen molar-refractivity contribution in [2.75, 3.05) is 32.8 Å². The molecule has 3 rings (SSSR count). The average Bonchev–Trinajstić information content (AvgIpc) is 2.62. The number of piperidine rings is 1. The van der Waals surface area contributed by atoms with Crippen LogP contribution in [0.5, 0.6) is 0 Å². The van der Waals surface area contributed by atoms with E-state index in [2.05, 4.69) is 46.7 Å². The summed E-state index contributed by atoms with van der Waals surface area (Å²) in [5, 5.41) is 6.37. The van der Waals surface area contributed by atoms with Crippen molar-refractivity contribution in [2.24, 2.45) is 5.92 Å². The fourth-order valence-electron chi connectivity index (χ4n) is 3.40. The fourth-order valence-corrected chi connectivity index (χ4v) is 3.40. The van der Waals surface area contributed by atoms with Gasteiger partial charge in [0, 0.05) is 26.2 Å². The van der Waals surface area contributed by atoms with Gasteiger partial charge in [-0.1, -0.05) is 31.2 Å². The Balaban J connectivity index is 1.44. The lowest BCUT2D eigenvalue weighted by Crippen LogP contribution is -2.48. The van der Waals surface area contributed by atoms with Crippen molar-refractivity contribution in [3.8, 4) is 0 Å². The Morgan fingerprint density at radius 1 is 1.25 bits per heavy atom. The van der Waals surface area contributed by atoms with Gasteiger partial charge < -0.3 is 15.4 Å². The molecule has 0 aliphatic carbocycles. The summed E-state index contributed by atoms with van der Waals surface area (Å²) >= 11 is 0. The van der Waals surface area contributed by atoms with E-state index in [0.717, 1.165) is 57.8 Å². The first kappa shape index (κ1) is 17.4. The molecule has 24 heavy (non-hydrogen) atoms. The molecule has 132 valence electrons. The molecule has 5 heteroatoms. The topological polar surface area (TPSA) is 53.6 Å². The highest BCUT2D eigenvalue weighted by Crippen LogP contribution is 2.15. The SMILES string of the molecule is CC1CCNC(C(=O)NCc2ccc(CN3CCOCC3)cc2)C1. The van der Waals surface area contributed by atoms with Gasteiger partial charge in [-0.3, -0.25) is 9.69 Å². The molecule has 2 aliphatic rings. The Kier molecular flexibility index (Phi) is 6.24. The maximum absolute atomic E-state index is 12.3. The van der Waals surface area contributed by atoms with Gasteiger partial charge in [0.05, 0.1) is 19.3 Å². The maximum Gasteiger partial charge on any atom is 0.237 e. The molecule has 0 aromatic heterocycles. The van der Waals surface area contributed by atoms with E-state index in [1.165, 1.54) is 5.56 Å². The van der Waals surface area contributed by atoms with Crippen LogP contribution < -0.4 is 10.6 Å². The smallest absolute Gasteiger partial charge is 0.237 e. The molecule has 1 amide bonds. The first-order chi connectivity index (χ1) is 11.7. The van der Waals surface area contributed by atoms with E-state index in [0.29, 0.717) is 12.5 Å². The molecule has 1 aromatic rings. The zero-order valence-electron chi connectivity index (χ0n) is 14.6. The predicted molar refractivity (Wildman–Crippen MR) is 94.6 cm³/mol. The highest BCUT2D eigenvalue weighted by molar-refractivity contribution is 5.81. The minimum atomic E-state index is -0.0330. The molecule has 2 fully saturated rings. The first-order valence-electron chi connectivity index (χ1n) is 9.10. The molecule has 0 bridgehead atoms. The molecule has 2 N–H and O–H groups in total. The van der Waals surface area contributed by atoms with Gasteiger partial charge in [0.15, 0.2) is 0 Å². The summed E-state index contributed by atoms with van der Waals surface area (Å²) in [7, 11) is 0. The number of carbonyl (C=O) groups is 1. The van der Waals surface area contributed by atoms with Crippen molar-refractivity contribution in [1.82, 2.24) is 15.5 Å². The number of nitrogens with one attached hydrogen (secondary N) is 2. The molecule has 5 nitrogen and oxygen atoms in total. The standard InChI is InChI=1S/C19H29N3O2/c1-15-6-7-20-18(12-15)19(23)21-13-16-2-4-17(5-3-16)14-22-8-10-24-11-9-22/h2-5,15,18,20H,6-14H2,1H3,(H,21,23). The Bertz CT molecular complexity index is 526. The summed E-state index contributed by atoms with van der Waals surface area (Å²) < 4.78 is 5.38. The number of morpholine rings is 1. The van der Waals surface area contributed by atoms with Crippen molar-refractivity contribution in [2.45, 2.75) is 38.9 Å². The van der Waals surface area contributed by atoms with Crippen molar-refractivity contribution in [1.29, 1.82) is 0 Å². The Hall–Kier alpha value is -1.43. The highest BCUT2D eigenvalue weighted by Gasteiger charge is 2.24. The Morgan fingerprint density at radius 3 is 2.67 bits per heavy atom. The van der Waals surface area contributed by atoms with Crippen LogP contribution in [0.3, 0.4) is 0 Å². The number of nitrogens with zero attached hydrogens (tertiary/aromatic N) is 1. The number of hydrogen-bond acceptors (Lipinski definition) is 4. The van der Waals surface area contributed by atoms with E-state index in [-0.39, 0.29) is 11.9 Å². The van der Waals surface area contributed by atoms with Gasteiger partial charge in [-0.2, -0.15) is 0 Å². The van der Waals surface area contributed by atoms with Gasteiger partial charge in [-0.05, 0) is 36.4 Å². The molecule has 2 saturated heterocycles. The van der Waals surface area contributed by atoms with E-state index in [1.807, 2.05) is 0 Å². The van der Waals surface area contributed by atoms with E-state index in [9.17, 15) is 4.79 Å². The first-order valence-corrected chi connectivity index (χ1v) is 9.10. The van der Waals surface area contributed by atoms with Crippen LogP contribution >= 0.6 is 0 Å². The zero-order valence-corrected chi connectivity index (χ0v) is 14.6. The van der Waals surface area contributed by atoms with Crippen molar-refractivity contribution in [3.63, 3.8) is 0 Å². The zero-order chi connectivity index (χ0) is 16.8. The summed E-state index contributed by atoms with van der Waals surface area (Å²) in [4.78, 5) is 14.7. The quantitative estimate of drug-likeness (QED) is 0.859. The van der Waals surface area contributed by atoms with E-state index in [1.54, 1.807) is 0 Å². The lowest BCUT2D eigenvalue weighted by atomic mass is 9.94. The van der Waals surface area contributed by atoms with E-state index in [4.69, 9.17) is 4.74 Å². The molecule has 0 saturated carbocycles. The number of rotatable bonds is 5. The monoisotopic (exact) mass is 331 g/mol. The van der Waals surface area contributed by atoms with Crippen LogP contribution in [-0.2, 0) is 22.6 Å². The average molecular weight is 331 g/mol. The predicted octanol–water partition coefficient (Wildman–Crippen LogP) is 1.52. The summed E-state index contributed by atoms with van der Waals surface area (Å²) in [5.41, 5.74) is 2.47. The highest BCUT2D eigenvalue weighted by atomic mass is 16.5. The maximum atomic E-state index is 12.3. The van der Waals surface area contributed by atoms with Crippen molar-refractivity contribution >= 4 is 5.91 Å². The molecular formula is C19H29N3O2. The molecular weight excluding hydrogens is 302 g/mol. The summed E-state index contributed by atoms with van der Waals surface area (Å²) in [6.07, 6.45) is 2.10. The largest absolute Gasteiger partial charge is 0.379 e. The minimum absolute atomic E-state index is 0.0330. The van der Waals surface area contributed by atoms with Gasteiger partial charge in [0.1, 0.15) is 0 Å². The second kappa shape index (κ2) is 8.60.